The van der Waals surface area contributed by atoms with Gasteiger partial charge < -0.3 is 9.72 Å². The van der Waals surface area contributed by atoms with Crippen LogP contribution in [0, 0.1) is 0 Å². The van der Waals surface area contributed by atoms with E-state index in [0.29, 0.717) is 19.6 Å². The molecule has 1 saturated heterocycles. The largest absolute Gasteiger partial charge is 0.379 e. The van der Waals surface area contributed by atoms with Gasteiger partial charge in [-0.15, -0.1) is 0 Å². The molecule has 1 fully saturated rings. The van der Waals surface area contributed by atoms with Crippen LogP contribution in [0.15, 0.2) is 64.5 Å². The van der Waals surface area contributed by atoms with E-state index in [1.165, 1.54) is 28.6 Å². The summed E-state index contributed by atoms with van der Waals surface area (Å²) >= 11 is 0. The van der Waals surface area contributed by atoms with Gasteiger partial charge in [0.05, 0.1) is 23.0 Å². The van der Waals surface area contributed by atoms with Crippen molar-refractivity contribution >= 4 is 30.9 Å². The van der Waals surface area contributed by atoms with Crippen molar-refractivity contribution in [2.45, 2.75) is 16.2 Å². The predicted molar refractivity (Wildman–Crippen MR) is 113 cm³/mol. The topological polar surface area (TPSA) is 109 Å². The summed E-state index contributed by atoms with van der Waals surface area (Å²) in [6.07, 6.45) is 2.41. The highest BCUT2D eigenvalue weighted by Crippen LogP contribution is 2.20. The van der Waals surface area contributed by atoms with Gasteiger partial charge in [-0.3, -0.25) is 0 Å². The summed E-state index contributed by atoms with van der Waals surface area (Å²) in [6, 6.07) is 13.1. The lowest BCUT2D eigenvalue weighted by Crippen LogP contribution is -2.40. The van der Waals surface area contributed by atoms with Crippen LogP contribution in [-0.4, -0.2) is 59.0 Å². The van der Waals surface area contributed by atoms with E-state index in [0.717, 1.165) is 16.5 Å². The van der Waals surface area contributed by atoms with Crippen molar-refractivity contribution in [3.05, 3.63) is 60.3 Å². The van der Waals surface area contributed by atoms with E-state index in [-0.39, 0.29) is 29.4 Å². The number of aromatic nitrogens is 1. The van der Waals surface area contributed by atoms with E-state index in [9.17, 15) is 16.8 Å². The number of sulfonamides is 2. The third-order valence-corrected chi connectivity index (χ3v) is 8.49. The second-order valence-electron chi connectivity index (χ2n) is 7.00. The van der Waals surface area contributed by atoms with Gasteiger partial charge in [0, 0.05) is 36.7 Å². The number of nitrogens with one attached hydrogen (secondary N) is 2. The van der Waals surface area contributed by atoms with E-state index in [2.05, 4.69) is 9.71 Å². The molecule has 4 rings (SSSR count). The van der Waals surface area contributed by atoms with Crippen LogP contribution >= 0.6 is 0 Å². The fourth-order valence-corrected chi connectivity index (χ4v) is 5.91. The molecule has 0 radical (unpaired) electrons. The molecule has 0 aliphatic carbocycles. The number of H-pyrrole nitrogens is 1. The zero-order chi connectivity index (χ0) is 21.2. The molecule has 0 saturated carbocycles. The Morgan fingerprint density at radius 3 is 2.33 bits per heavy atom. The van der Waals surface area contributed by atoms with Crippen LogP contribution in [0.1, 0.15) is 5.56 Å². The molecule has 0 bridgehead atoms. The Hall–Kier alpha value is -2.24. The van der Waals surface area contributed by atoms with Gasteiger partial charge >= 0.3 is 0 Å². The molecule has 10 heteroatoms. The summed E-state index contributed by atoms with van der Waals surface area (Å²) in [5.74, 6) is 0. The number of ether oxygens (including phenoxy) is 1. The first kappa shape index (κ1) is 21.0. The van der Waals surface area contributed by atoms with Gasteiger partial charge in [0.25, 0.3) is 0 Å². The lowest BCUT2D eigenvalue weighted by atomic mass is 10.1. The monoisotopic (exact) mass is 449 g/mol. The van der Waals surface area contributed by atoms with E-state index in [4.69, 9.17) is 4.74 Å². The molecule has 2 aromatic carbocycles. The average molecular weight is 450 g/mol. The summed E-state index contributed by atoms with van der Waals surface area (Å²) in [6.45, 7) is 1.52. The number of hydrogen-bond acceptors (Lipinski definition) is 5. The molecule has 0 amide bonds. The van der Waals surface area contributed by atoms with E-state index >= 15 is 0 Å². The van der Waals surface area contributed by atoms with E-state index < -0.39 is 20.0 Å². The number of hydrogen-bond donors (Lipinski definition) is 2. The number of aromatic amines is 1. The summed E-state index contributed by atoms with van der Waals surface area (Å²) in [7, 11) is -7.40. The van der Waals surface area contributed by atoms with Crippen LogP contribution in [-0.2, 0) is 31.2 Å². The van der Waals surface area contributed by atoms with Gasteiger partial charge in [0.2, 0.25) is 20.0 Å². The Bertz CT molecular complexity index is 1230. The summed E-state index contributed by atoms with van der Waals surface area (Å²) in [4.78, 5) is 3.27. The van der Waals surface area contributed by atoms with Gasteiger partial charge in [0.15, 0.2) is 0 Å². The summed E-state index contributed by atoms with van der Waals surface area (Å²) < 4.78 is 59.6. The lowest BCUT2D eigenvalue weighted by Gasteiger charge is -2.26. The molecular formula is C20H23N3O5S2. The third kappa shape index (κ3) is 4.28. The smallest absolute Gasteiger partial charge is 0.243 e. The van der Waals surface area contributed by atoms with Crippen molar-refractivity contribution in [1.29, 1.82) is 0 Å². The minimum atomic E-state index is -3.74. The number of nitrogens with zero attached hydrogens (tertiary/aromatic N) is 1. The normalized spacial score (nSPS) is 16.1. The molecular weight excluding hydrogens is 426 g/mol. The molecule has 3 aromatic rings. The van der Waals surface area contributed by atoms with Gasteiger partial charge in [0.1, 0.15) is 0 Å². The van der Waals surface area contributed by atoms with Crippen molar-refractivity contribution in [1.82, 2.24) is 14.0 Å². The quantitative estimate of drug-likeness (QED) is 0.571. The van der Waals surface area contributed by atoms with E-state index in [1.807, 2.05) is 30.5 Å². The molecule has 0 atom stereocenters. The molecule has 8 nitrogen and oxygen atoms in total. The van der Waals surface area contributed by atoms with Crippen molar-refractivity contribution in [3.63, 3.8) is 0 Å². The molecule has 1 aliphatic rings. The van der Waals surface area contributed by atoms with Crippen LogP contribution in [0.3, 0.4) is 0 Å². The number of rotatable bonds is 7. The number of para-hydroxylation sites is 1. The first-order chi connectivity index (χ1) is 14.4. The predicted octanol–water partition coefficient (Wildman–Crippen LogP) is 1.71. The maximum atomic E-state index is 12.7. The molecule has 2 heterocycles. The van der Waals surface area contributed by atoms with Crippen LogP contribution < -0.4 is 4.72 Å². The maximum Gasteiger partial charge on any atom is 0.243 e. The fourth-order valence-electron chi connectivity index (χ4n) is 3.47. The molecule has 2 N–H and O–H groups in total. The van der Waals surface area contributed by atoms with Gasteiger partial charge in [-0.25, -0.2) is 21.6 Å². The first-order valence-corrected chi connectivity index (χ1v) is 12.5. The molecule has 0 spiro atoms. The van der Waals surface area contributed by atoms with Crippen molar-refractivity contribution in [2.75, 3.05) is 32.8 Å². The molecule has 0 unspecified atom stereocenters. The number of benzene rings is 2. The average Bonchev–Trinajstić information content (AvgIpc) is 3.17. The first-order valence-electron chi connectivity index (χ1n) is 9.60. The second-order valence-corrected chi connectivity index (χ2v) is 10.7. The second kappa shape index (κ2) is 8.48. The SMILES string of the molecule is O=S(=O)(NCCc1c[nH]c2ccccc12)c1ccc(S(=O)(=O)N2CCOCC2)cc1. The third-order valence-electron chi connectivity index (χ3n) is 5.10. The van der Waals surface area contributed by atoms with Crippen molar-refractivity contribution in [2.24, 2.45) is 0 Å². The number of fused-ring (bicyclic) bond motifs is 1. The minimum Gasteiger partial charge on any atom is -0.379 e. The van der Waals surface area contributed by atoms with Crippen molar-refractivity contribution in [3.8, 4) is 0 Å². The molecule has 1 aromatic heterocycles. The Labute approximate surface area is 176 Å². The fraction of sp³-hybridized carbons (Fsp3) is 0.300. The zero-order valence-corrected chi connectivity index (χ0v) is 17.9. The van der Waals surface area contributed by atoms with E-state index in [1.54, 1.807) is 0 Å². The van der Waals surface area contributed by atoms with Crippen molar-refractivity contribution < 1.29 is 21.6 Å². The summed E-state index contributed by atoms with van der Waals surface area (Å²) in [5, 5.41) is 1.06. The Morgan fingerprint density at radius 1 is 0.933 bits per heavy atom. The maximum absolute atomic E-state index is 12.7. The lowest BCUT2D eigenvalue weighted by molar-refractivity contribution is 0.0730. The van der Waals surface area contributed by atoms with Gasteiger partial charge in [-0.1, -0.05) is 18.2 Å². The van der Waals surface area contributed by atoms with Crippen LogP contribution in [0.5, 0.6) is 0 Å². The standard InChI is InChI=1S/C20H23N3O5S2/c24-29(25,22-10-9-16-15-21-20-4-2-1-3-19(16)20)17-5-7-18(8-6-17)30(26,27)23-11-13-28-14-12-23/h1-8,15,21-22H,9-14H2. The van der Waals surface area contributed by atoms with Crippen LogP contribution in [0.25, 0.3) is 10.9 Å². The minimum absolute atomic E-state index is 0.0300. The highest BCUT2D eigenvalue weighted by Gasteiger charge is 2.26. The molecule has 30 heavy (non-hydrogen) atoms. The Kier molecular flexibility index (Phi) is 5.94. The number of morpholine rings is 1. The Morgan fingerprint density at radius 2 is 1.60 bits per heavy atom. The van der Waals surface area contributed by atoms with Crippen LogP contribution in [0.4, 0.5) is 0 Å². The highest BCUT2D eigenvalue weighted by molar-refractivity contribution is 7.89. The Balaban J connectivity index is 1.42. The molecule has 160 valence electrons. The van der Waals surface area contributed by atoms with Gasteiger partial charge in [-0.05, 0) is 42.3 Å². The van der Waals surface area contributed by atoms with Crippen LogP contribution in [0.2, 0.25) is 0 Å². The zero-order valence-electron chi connectivity index (χ0n) is 16.2. The summed E-state index contributed by atoms with van der Waals surface area (Å²) in [5.41, 5.74) is 2.03. The van der Waals surface area contributed by atoms with Gasteiger partial charge in [-0.2, -0.15) is 4.31 Å². The highest BCUT2D eigenvalue weighted by atomic mass is 32.2. The molecule has 1 aliphatic heterocycles.